The molecule has 2 aromatic carbocycles. The summed E-state index contributed by atoms with van der Waals surface area (Å²) in [7, 11) is -3.45. The Kier molecular flexibility index (Phi) is 5.24. The average molecular weight is 443 g/mol. The smallest absolute Gasteiger partial charge is 0.256 e. The van der Waals surface area contributed by atoms with E-state index in [9.17, 15) is 13.2 Å². The Bertz CT molecular complexity index is 1270. The minimum absolute atomic E-state index is 0.151. The highest BCUT2D eigenvalue weighted by molar-refractivity contribution is 7.92. The van der Waals surface area contributed by atoms with Gasteiger partial charge in [-0.3, -0.25) is 4.79 Å². The maximum absolute atomic E-state index is 12.8. The van der Waals surface area contributed by atoms with Crippen molar-refractivity contribution in [3.8, 4) is 10.6 Å². The fraction of sp³-hybridized carbons (Fsp3) is 0.143. The van der Waals surface area contributed by atoms with Crippen molar-refractivity contribution in [3.05, 3.63) is 65.5 Å². The number of thiophene rings is 1. The van der Waals surface area contributed by atoms with Crippen LogP contribution >= 0.6 is 22.7 Å². The highest BCUT2D eigenvalue weighted by atomic mass is 32.2. The maximum atomic E-state index is 12.8. The van der Waals surface area contributed by atoms with E-state index in [2.05, 4.69) is 10.3 Å². The lowest BCUT2D eigenvalue weighted by atomic mass is 10.2. The second-order valence-electron chi connectivity index (χ2n) is 6.73. The molecule has 0 unspecified atom stereocenters. The van der Waals surface area contributed by atoms with Crippen LogP contribution in [0.25, 0.3) is 20.8 Å². The number of sulfone groups is 1. The molecular formula is C21H18N2O3S3. The molecular weight excluding hydrogens is 424 g/mol. The number of thiazole rings is 1. The lowest BCUT2D eigenvalue weighted by Gasteiger charge is -2.10. The number of carbonyl (C=O) groups is 1. The lowest BCUT2D eigenvalue weighted by molar-refractivity contribution is 0.102. The normalized spacial score (nSPS) is 11.8. The minimum atomic E-state index is -3.45. The Hall–Kier alpha value is -2.55. The molecule has 4 aromatic rings. The van der Waals surface area contributed by atoms with Crippen molar-refractivity contribution in [2.24, 2.45) is 0 Å². The molecule has 0 fully saturated rings. The van der Waals surface area contributed by atoms with Gasteiger partial charge in [0, 0.05) is 11.1 Å². The third kappa shape index (κ3) is 3.83. The molecule has 0 aliphatic rings. The predicted octanol–water partition coefficient (Wildman–Crippen LogP) is 5.46. The van der Waals surface area contributed by atoms with Gasteiger partial charge in [0.2, 0.25) is 0 Å². The fourth-order valence-corrected chi connectivity index (χ4v) is 5.77. The molecule has 29 heavy (non-hydrogen) atoms. The highest BCUT2D eigenvalue weighted by Crippen LogP contribution is 2.37. The van der Waals surface area contributed by atoms with E-state index < -0.39 is 15.1 Å². The molecule has 0 bridgehead atoms. The molecule has 2 heterocycles. The quantitative estimate of drug-likeness (QED) is 0.445. The van der Waals surface area contributed by atoms with Crippen LogP contribution in [0.15, 0.2) is 64.9 Å². The van der Waals surface area contributed by atoms with E-state index in [1.165, 1.54) is 23.5 Å². The number of carbonyl (C=O) groups excluding carboxylic acids is 1. The van der Waals surface area contributed by atoms with Crippen LogP contribution in [0.5, 0.6) is 0 Å². The second-order valence-corrected chi connectivity index (χ2v) is 11.2. The number of rotatable bonds is 5. The van der Waals surface area contributed by atoms with E-state index in [1.54, 1.807) is 37.3 Å². The van der Waals surface area contributed by atoms with Gasteiger partial charge in [0.05, 0.1) is 20.4 Å². The van der Waals surface area contributed by atoms with Crippen molar-refractivity contribution in [3.63, 3.8) is 0 Å². The Balaban J connectivity index is 1.63. The zero-order valence-corrected chi connectivity index (χ0v) is 18.2. The van der Waals surface area contributed by atoms with E-state index in [-0.39, 0.29) is 10.8 Å². The van der Waals surface area contributed by atoms with Gasteiger partial charge >= 0.3 is 0 Å². The summed E-state index contributed by atoms with van der Waals surface area (Å²) in [6.45, 7) is 3.25. The maximum Gasteiger partial charge on any atom is 0.256 e. The number of para-hydroxylation sites is 1. The SMILES string of the molecule is CC(C)S(=O)(=O)c1cccc(C(=O)Nc2sccc2-c2nc3ccccc3s2)c1. The first-order chi connectivity index (χ1) is 13.9. The number of anilines is 1. The predicted molar refractivity (Wildman–Crippen MR) is 120 cm³/mol. The van der Waals surface area contributed by atoms with Crippen LogP contribution in [0.2, 0.25) is 0 Å². The fourth-order valence-electron chi connectivity index (χ4n) is 2.82. The Morgan fingerprint density at radius 1 is 1.07 bits per heavy atom. The van der Waals surface area contributed by atoms with Crippen LogP contribution in [0, 0.1) is 0 Å². The first kappa shape index (κ1) is 19.8. The zero-order valence-electron chi connectivity index (χ0n) is 15.7. The van der Waals surface area contributed by atoms with Crippen LogP contribution in [0.4, 0.5) is 5.00 Å². The van der Waals surface area contributed by atoms with Crippen LogP contribution in [-0.2, 0) is 9.84 Å². The standard InChI is InChI=1S/C21H18N2O3S3/c1-13(2)29(25,26)15-7-5-6-14(12-15)19(24)23-20-16(10-11-27-20)21-22-17-8-3-4-9-18(17)28-21/h3-13H,1-2H3,(H,23,24). The van der Waals surface area contributed by atoms with Crippen LogP contribution in [-0.4, -0.2) is 24.6 Å². The van der Waals surface area contributed by atoms with Gasteiger partial charge in [-0.25, -0.2) is 13.4 Å². The summed E-state index contributed by atoms with van der Waals surface area (Å²) in [6.07, 6.45) is 0. The summed E-state index contributed by atoms with van der Waals surface area (Å²) in [5.41, 5.74) is 2.08. The summed E-state index contributed by atoms with van der Waals surface area (Å²) in [5, 5.41) is 5.77. The summed E-state index contributed by atoms with van der Waals surface area (Å²) >= 11 is 2.97. The molecule has 0 saturated heterocycles. The summed E-state index contributed by atoms with van der Waals surface area (Å²) in [6, 6.07) is 16.0. The van der Waals surface area contributed by atoms with Crippen molar-refractivity contribution in [2.45, 2.75) is 24.0 Å². The Labute approximate surface area is 177 Å². The third-order valence-corrected chi connectivity index (χ3v) is 8.51. The molecule has 0 spiro atoms. The van der Waals surface area contributed by atoms with Crippen molar-refractivity contribution in [1.29, 1.82) is 0 Å². The Morgan fingerprint density at radius 2 is 1.86 bits per heavy atom. The number of aromatic nitrogens is 1. The van der Waals surface area contributed by atoms with Gasteiger partial charge in [0.15, 0.2) is 9.84 Å². The van der Waals surface area contributed by atoms with Gasteiger partial charge in [-0.15, -0.1) is 22.7 Å². The summed E-state index contributed by atoms with van der Waals surface area (Å²) in [5.74, 6) is -0.351. The third-order valence-electron chi connectivity index (χ3n) is 4.46. The first-order valence-electron chi connectivity index (χ1n) is 8.95. The molecule has 8 heteroatoms. The largest absolute Gasteiger partial charge is 0.313 e. The summed E-state index contributed by atoms with van der Waals surface area (Å²) in [4.78, 5) is 17.6. The van der Waals surface area contributed by atoms with E-state index in [1.807, 2.05) is 35.7 Å². The summed E-state index contributed by atoms with van der Waals surface area (Å²) < 4.78 is 25.9. The molecule has 148 valence electrons. The molecule has 0 aliphatic carbocycles. The number of nitrogens with zero attached hydrogens (tertiary/aromatic N) is 1. The van der Waals surface area contributed by atoms with Crippen molar-refractivity contribution in [1.82, 2.24) is 4.98 Å². The number of hydrogen-bond acceptors (Lipinski definition) is 6. The van der Waals surface area contributed by atoms with E-state index in [0.717, 1.165) is 20.8 Å². The van der Waals surface area contributed by atoms with Crippen LogP contribution in [0.3, 0.4) is 0 Å². The minimum Gasteiger partial charge on any atom is -0.313 e. The van der Waals surface area contributed by atoms with E-state index in [0.29, 0.717) is 10.6 Å². The number of fused-ring (bicyclic) bond motifs is 1. The van der Waals surface area contributed by atoms with Crippen LogP contribution < -0.4 is 5.32 Å². The molecule has 0 saturated carbocycles. The van der Waals surface area contributed by atoms with Gasteiger partial charge in [-0.2, -0.15) is 0 Å². The van der Waals surface area contributed by atoms with Gasteiger partial charge in [-0.05, 0) is 55.6 Å². The molecule has 1 amide bonds. The molecule has 0 radical (unpaired) electrons. The zero-order chi connectivity index (χ0) is 20.6. The molecule has 0 atom stereocenters. The monoisotopic (exact) mass is 442 g/mol. The molecule has 2 aromatic heterocycles. The van der Waals surface area contributed by atoms with Gasteiger partial charge in [0.1, 0.15) is 10.0 Å². The highest BCUT2D eigenvalue weighted by Gasteiger charge is 2.21. The van der Waals surface area contributed by atoms with Gasteiger partial charge in [0.25, 0.3) is 5.91 Å². The number of benzene rings is 2. The number of nitrogens with one attached hydrogen (secondary N) is 1. The molecule has 5 nitrogen and oxygen atoms in total. The average Bonchev–Trinajstić information content (AvgIpc) is 3.34. The topological polar surface area (TPSA) is 76.1 Å². The van der Waals surface area contributed by atoms with Crippen molar-refractivity contribution >= 4 is 53.6 Å². The lowest BCUT2D eigenvalue weighted by Crippen LogP contribution is -2.16. The van der Waals surface area contributed by atoms with Crippen LogP contribution in [0.1, 0.15) is 24.2 Å². The van der Waals surface area contributed by atoms with Gasteiger partial charge in [-0.1, -0.05) is 18.2 Å². The molecule has 1 N–H and O–H groups in total. The van der Waals surface area contributed by atoms with Crippen molar-refractivity contribution < 1.29 is 13.2 Å². The number of amides is 1. The number of hydrogen-bond donors (Lipinski definition) is 1. The first-order valence-corrected chi connectivity index (χ1v) is 12.2. The molecule has 0 aliphatic heterocycles. The van der Waals surface area contributed by atoms with E-state index in [4.69, 9.17) is 0 Å². The Morgan fingerprint density at radius 3 is 2.62 bits per heavy atom. The van der Waals surface area contributed by atoms with E-state index >= 15 is 0 Å². The van der Waals surface area contributed by atoms with Crippen molar-refractivity contribution in [2.75, 3.05) is 5.32 Å². The second kappa shape index (κ2) is 7.70. The van der Waals surface area contributed by atoms with Gasteiger partial charge < -0.3 is 5.32 Å². The molecule has 4 rings (SSSR count).